The van der Waals surface area contributed by atoms with Crippen molar-refractivity contribution in [1.29, 1.82) is 0 Å². The molecule has 1 fully saturated rings. The van der Waals surface area contributed by atoms with Gasteiger partial charge < -0.3 is 14.6 Å². The van der Waals surface area contributed by atoms with E-state index in [1.807, 2.05) is 31.2 Å². The van der Waals surface area contributed by atoms with Gasteiger partial charge in [0.05, 0.1) is 11.6 Å². The zero-order valence-electron chi connectivity index (χ0n) is 18.1. The largest absolute Gasteiger partial charge is 0.507 e. The molecule has 2 aliphatic rings. The van der Waals surface area contributed by atoms with Crippen molar-refractivity contribution in [3.8, 4) is 11.5 Å². The van der Waals surface area contributed by atoms with Crippen LogP contribution in [-0.4, -0.2) is 40.2 Å². The fourth-order valence-corrected chi connectivity index (χ4v) is 4.72. The first-order valence-corrected chi connectivity index (χ1v) is 11.4. The van der Waals surface area contributed by atoms with E-state index in [1.54, 1.807) is 25.1 Å². The average molecular weight is 464 g/mol. The van der Waals surface area contributed by atoms with E-state index in [-0.39, 0.29) is 11.3 Å². The first kappa shape index (κ1) is 21.1. The molecule has 1 unspecified atom stereocenters. The van der Waals surface area contributed by atoms with Crippen LogP contribution in [0.1, 0.15) is 34.7 Å². The van der Waals surface area contributed by atoms with Crippen LogP contribution in [0, 0.1) is 6.92 Å². The molecule has 1 N–H and O–H groups in total. The summed E-state index contributed by atoms with van der Waals surface area (Å²) < 4.78 is 11.2. The number of carbonyl (C=O) groups is 2. The third-order valence-corrected chi connectivity index (χ3v) is 6.52. The number of anilines is 1. The van der Waals surface area contributed by atoms with Crippen LogP contribution in [-0.2, 0) is 16.0 Å². The normalized spacial score (nSPS) is 19.2. The molecule has 9 heteroatoms. The summed E-state index contributed by atoms with van der Waals surface area (Å²) in [4.78, 5) is 27.6. The summed E-state index contributed by atoms with van der Waals surface area (Å²) in [5, 5.41) is 20.3. The molecular weight excluding hydrogens is 442 g/mol. The Balaban J connectivity index is 1.67. The van der Waals surface area contributed by atoms with E-state index in [4.69, 9.17) is 9.47 Å². The number of aryl methyl sites for hydroxylation is 2. The number of aliphatic hydroxyl groups excluding tert-OH is 1. The first-order valence-electron chi connectivity index (χ1n) is 10.6. The van der Waals surface area contributed by atoms with E-state index in [9.17, 15) is 14.7 Å². The van der Waals surface area contributed by atoms with E-state index < -0.39 is 17.7 Å². The standard InChI is InChI=1S/C24H21N3O5S/c1-3-14-4-6-15(7-5-14)20-19(22(29)23(30)27(20)24-26-25-13(2)33-24)21(28)16-8-9-17-18(12-16)32-11-10-31-17/h4-9,12,20,28H,3,10-11H2,1-2H3. The highest BCUT2D eigenvalue weighted by molar-refractivity contribution is 7.15. The topological polar surface area (TPSA) is 102 Å². The lowest BCUT2D eigenvalue weighted by Crippen LogP contribution is -2.29. The molecule has 33 heavy (non-hydrogen) atoms. The summed E-state index contributed by atoms with van der Waals surface area (Å²) in [6.45, 7) is 4.66. The summed E-state index contributed by atoms with van der Waals surface area (Å²) in [6, 6.07) is 11.7. The molecule has 0 spiro atoms. The van der Waals surface area contributed by atoms with Crippen molar-refractivity contribution >= 4 is 33.9 Å². The van der Waals surface area contributed by atoms with E-state index in [2.05, 4.69) is 10.2 Å². The van der Waals surface area contributed by atoms with Crippen LogP contribution in [0.3, 0.4) is 0 Å². The highest BCUT2D eigenvalue weighted by Crippen LogP contribution is 2.43. The number of nitrogens with zero attached hydrogens (tertiary/aromatic N) is 3. The van der Waals surface area contributed by atoms with Crippen molar-refractivity contribution in [1.82, 2.24) is 10.2 Å². The predicted molar refractivity (Wildman–Crippen MR) is 123 cm³/mol. The quantitative estimate of drug-likeness (QED) is 0.357. The van der Waals surface area contributed by atoms with E-state index >= 15 is 0 Å². The smallest absolute Gasteiger partial charge is 0.301 e. The van der Waals surface area contributed by atoms with Crippen molar-refractivity contribution in [3.63, 3.8) is 0 Å². The van der Waals surface area contributed by atoms with Crippen molar-refractivity contribution in [2.24, 2.45) is 0 Å². The third kappa shape index (κ3) is 3.64. The van der Waals surface area contributed by atoms with Crippen LogP contribution < -0.4 is 14.4 Å². The van der Waals surface area contributed by atoms with E-state index in [1.165, 1.54) is 16.2 Å². The predicted octanol–water partition coefficient (Wildman–Crippen LogP) is 3.81. The van der Waals surface area contributed by atoms with Gasteiger partial charge in [-0.25, -0.2) is 0 Å². The Morgan fingerprint density at radius 3 is 2.48 bits per heavy atom. The van der Waals surface area contributed by atoms with Gasteiger partial charge in [-0.15, -0.1) is 10.2 Å². The molecule has 5 rings (SSSR count). The summed E-state index contributed by atoms with van der Waals surface area (Å²) >= 11 is 1.21. The maximum absolute atomic E-state index is 13.2. The number of aromatic nitrogens is 2. The SMILES string of the molecule is CCc1ccc(C2C(=C(O)c3ccc4c(c3)OCCO4)C(=O)C(=O)N2c2nnc(C)s2)cc1. The molecule has 0 saturated carbocycles. The zero-order chi connectivity index (χ0) is 23.1. The van der Waals surface area contributed by atoms with Crippen LogP contribution in [0.25, 0.3) is 5.76 Å². The van der Waals surface area contributed by atoms with Gasteiger partial charge in [0, 0.05) is 5.56 Å². The van der Waals surface area contributed by atoms with Crippen molar-refractivity contribution < 1.29 is 24.2 Å². The maximum atomic E-state index is 13.2. The second-order valence-electron chi connectivity index (χ2n) is 7.73. The number of amides is 1. The highest BCUT2D eigenvalue weighted by Gasteiger charge is 2.48. The Kier molecular flexibility index (Phi) is 5.33. The molecule has 3 aromatic rings. The molecule has 0 radical (unpaired) electrons. The molecule has 3 heterocycles. The zero-order valence-corrected chi connectivity index (χ0v) is 18.9. The van der Waals surface area contributed by atoms with Crippen molar-refractivity contribution in [2.75, 3.05) is 18.1 Å². The summed E-state index contributed by atoms with van der Waals surface area (Å²) in [7, 11) is 0. The number of fused-ring (bicyclic) bond motifs is 1. The molecule has 1 amide bonds. The number of hydrogen-bond donors (Lipinski definition) is 1. The number of ketones is 1. The van der Waals surface area contributed by atoms with Gasteiger partial charge in [0.1, 0.15) is 24.0 Å². The van der Waals surface area contributed by atoms with Gasteiger partial charge in [0.15, 0.2) is 11.5 Å². The molecule has 0 bridgehead atoms. The number of hydrogen-bond acceptors (Lipinski definition) is 8. The maximum Gasteiger partial charge on any atom is 0.301 e. The molecule has 168 valence electrons. The molecule has 1 saturated heterocycles. The number of aliphatic hydroxyl groups is 1. The summed E-state index contributed by atoms with van der Waals surface area (Å²) in [6.07, 6.45) is 0.854. The lowest BCUT2D eigenvalue weighted by atomic mass is 9.94. The Morgan fingerprint density at radius 2 is 1.82 bits per heavy atom. The minimum absolute atomic E-state index is 0.00576. The number of rotatable bonds is 4. The van der Waals surface area contributed by atoms with Gasteiger partial charge >= 0.3 is 5.91 Å². The number of benzene rings is 2. The molecule has 1 atom stereocenters. The van der Waals surface area contributed by atoms with Crippen molar-refractivity contribution in [3.05, 3.63) is 69.7 Å². The van der Waals surface area contributed by atoms with Crippen LogP contribution in [0.2, 0.25) is 0 Å². The third-order valence-electron chi connectivity index (χ3n) is 5.69. The molecular formula is C24H21N3O5S. The van der Waals surface area contributed by atoms with Crippen molar-refractivity contribution in [2.45, 2.75) is 26.3 Å². The fraction of sp³-hybridized carbons (Fsp3) is 0.250. The number of ether oxygens (including phenoxy) is 2. The van der Waals surface area contributed by atoms with Crippen LogP contribution in [0.4, 0.5) is 5.13 Å². The lowest BCUT2D eigenvalue weighted by molar-refractivity contribution is -0.132. The number of carbonyl (C=O) groups excluding carboxylic acids is 2. The minimum Gasteiger partial charge on any atom is -0.507 e. The van der Waals surface area contributed by atoms with Gasteiger partial charge in [-0.3, -0.25) is 14.5 Å². The molecule has 1 aromatic heterocycles. The Labute approximate surface area is 194 Å². The Hall–Kier alpha value is -3.72. The van der Waals surface area contributed by atoms with Crippen LogP contribution in [0.5, 0.6) is 11.5 Å². The second-order valence-corrected chi connectivity index (χ2v) is 8.89. The minimum atomic E-state index is -0.837. The van der Waals surface area contributed by atoms with E-state index in [0.29, 0.717) is 46.0 Å². The summed E-state index contributed by atoms with van der Waals surface area (Å²) in [5.41, 5.74) is 2.17. The van der Waals surface area contributed by atoms with Gasteiger partial charge in [0.2, 0.25) is 5.13 Å². The van der Waals surface area contributed by atoms with Gasteiger partial charge in [0.25, 0.3) is 5.78 Å². The van der Waals surface area contributed by atoms with Crippen LogP contribution in [0.15, 0.2) is 48.0 Å². The molecule has 0 aliphatic carbocycles. The lowest BCUT2D eigenvalue weighted by Gasteiger charge is -2.23. The van der Waals surface area contributed by atoms with Crippen LogP contribution >= 0.6 is 11.3 Å². The number of Topliss-reactive ketones (excluding diaryl/α,β-unsaturated/α-hetero) is 1. The van der Waals surface area contributed by atoms with E-state index in [0.717, 1.165) is 12.0 Å². The molecule has 2 aliphatic heterocycles. The average Bonchev–Trinajstić information content (AvgIpc) is 3.38. The Bertz CT molecular complexity index is 1280. The highest BCUT2D eigenvalue weighted by atomic mass is 32.1. The Morgan fingerprint density at radius 1 is 1.09 bits per heavy atom. The fourth-order valence-electron chi connectivity index (χ4n) is 4.01. The molecule has 8 nitrogen and oxygen atoms in total. The first-order chi connectivity index (χ1) is 16.0. The monoisotopic (exact) mass is 463 g/mol. The van der Waals surface area contributed by atoms with Gasteiger partial charge in [-0.2, -0.15) is 0 Å². The molecule has 2 aromatic carbocycles. The van der Waals surface area contributed by atoms with Gasteiger partial charge in [-0.1, -0.05) is 42.5 Å². The van der Waals surface area contributed by atoms with Gasteiger partial charge in [-0.05, 0) is 42.7 Å². The second kappa shape index (κ2) is 8.32. The summed E-state index contributed by atoms with van der Waals surface area (Å²) in [5.74, 6) is -0.773.